The lowest BCUT2D eigenvalue weighted by atomic mass is 10.1. The maximum atomic E-state index is 11.7. The van der Waals surface area contributed by atoms with E-state index in [1.165, 1.54) is 58.3 Å². The molecule has 3 amide bonds. The molecule has 4 N–H and O–H groups in total. The molecule has 0 aromatic heterocycles. The van der Waals surface area contributed by atoms with Gasteiger partial charge in [0.05, 0.1) is 6.42 Å². The zero-order valence-corrected chi connectivity index (χ0v) is 15.4. The predicted molar refractivity (Wildman–Crippen MR) is 96.3 cm³/mol. The highest BCUT2D eigenvalue weighted by Crippen LogP contribution is 2.10. The van der Waals surface area contributed by atoms with E-state index >= 15 is 0 Å². The van der Waals surface area contributed by atoms with Crippen molar-refractivity contribution in [1.29, 1.82) is 0 Å². The fourth-order valence-corrected chi connectivity index (χ4v) is 2.57. The van der Waals surface area contributed by atoms with Crippen LogP contribution in [0.15, 0.2) is 0 Å². The minimum atomic E-state index is -0.935. The van der Waals surface area contributed by atoms with Crippen LogP contribution in [0.2, 0.25) is 0 Å². The molecule has 6 heteroatoms. The summed E-state index contributed by atoms with van der Waals surface area (Å²) in [6, 6.07) is -0.935. The van der Waals surface area contributed by atoms with Crippen molar-refractivity contribution in [2.75, 3.05) is 6.54 Å². The molecule has 0 rings (SSSR count). The van der Waals surface area contributed by atoms with Gasteiger partial charge in [0, 0.05) is 13.5 Å². The molecule has 0 saturated heterocycles. The standard InChI is InChI=1S/C18H35N3O3/c1-3-4-5-6-7-8-9-10-11-12-13-20-17(23)14-16(18(19)24)21-15(2)22/h16H,3-14H2,1-2H3,(H2,19,24)(H,20,23)(H,21,22)/t16-/m0/s1. The first-order valence-corrected chi connectivity index (χ1v) is 9.30. The third-order valence-electron chi connectivity index (χ3n) is 3.96. The second kappa shape index (κ2) is 15.0. The highest BCUT2D eigenvalue weighted by atomic mass is 16.2. The van der Waals surface area contributed by atoms with E-state index < -0.39 is 11.9 Å². The van der Waals surface area contributed by atoms with E-state index in [0.29, 0.717) is 6.54 Å². The lowest BCUT2D eigenvalue weighted by molar-refractivity contribution is -0.129. The van der Waals surface area contributed by atoms with Crippen molar-refractivity contribution in [2.24, 2.45) is 5.73 Å². The van der Waals surface area contributed by atoms with Crippen molar-refractivity contribution in [3.8, 4) is 0 Å². The normalized spacial score (nSPS) is 11.8. The monoisotopic (exact) mass is 341 g/mol. The van der Waals surface area contributed by atoms with E-state index in [4.69, 9.17) is 5.73 Å². The molecule has 1 atom stereocenters. The molecule has 0 aliphatic rings. The Labute approximate surface area is 146 Å². The minimum absolute atomic E-state index is 0.104. The van der Waals surface area contributed by atoms with E-state index in [1.54, 1.807) is 0 Å². The summed E-state index contributed by atoms with van der Waals surface area (Å²) in [7, 11) is 0. The average Bonchev–Trinajstić information content (AvgIpc) is 2.51. The van der Waals surface area contributed by atoms with Crippen molar-refractivity contribution >= 4 is 17.7 Å². The zero-order valence-electron chi connectivity index (χ0n) is 15.4. The highest BCUT2D eigenvalue weighted by Gasteiger charge is 2.19. The summed E-state index contributed by atoms with van der Waals surface area (Å²) in [4.78, 5) is 33.8. The second-order valence-corrected chi connectivity index (χ2v) is 6.39. The van der Waals surface area contributed by atoms with Crippen LogP contribution in [0, 0.1) is 0 Å². The number of carbonyl (C=O) groups excluding carboxylic acids is 3. The maximum absolute atomic E-state index is 11.7. The summed E-state index contributed by atoms with van der Waals surface area (Å²) in [5, 5.41) is 5.15. The Morgan fingerprint density at radius 2 is 1.38 bits per heavy atom. The van der Waals surface area contributed by atoms with Crippen LogP contribution in [0.4, 0.5) is 0 Å². The Hall–Kier alpha value is -1.59. The molecule has 0 radical (unpaired) electrons. The van der Waals surface area contributed by atoms with Crippen LogP contribution in [0.5, 0.6) is 0 Å². The van der Waals surface area contributed by atoms with Gasteiger partial charge in [0.15, 0.2) is 0 Å². The summed E-state index contributed by atoms with van der Waals surface area (Å²) < 4.78 is 0. The molecule has 0 fully saturated rings. The van der Waals surface area contributed by atoms with E-state index in [0.717, 1.165) is 12.8 Å². The molecule has 0 bridgehead atoms. The molecular formula is C18H35N3O3. The van der Waals surface area contributed by atoms with Gasteiger partial charge in [0.2, 0.25) is 17.7 Å². The second-order valence-electron chi connectivity index (χ2n) is 6.39. The summed E-state index contributed by atoms with van der Waals surface area (Å²) in [5.74, 6) is -1.33. The summed E-state index contributed by atoms with van der Waals surface area (Å²) >= 11 is 0. The predicted octanol–water partition coefficient (Wildman–Crippen LogP) is 2.40. The fourth-order valence-electron chi connectivity index (χ4n) is 2.57. The molecule has 0 spiro atoms. The fraction of sp³-hybridized carbons (Fsp3) is 0.833. The van der Waals surface area contributed by atoms with Crippen LogP contribution < -0.4 is 16.4 Å². The molecule has 0 heterocycles. The molecule has 0 aliphatic carbocycles. The van der Waals surface area contributed by atoms with Crippen LogP contribution >= 0.6 is 0 Å². The van der Waals surface area contributed by atoms with E-state index in [2.05, 4.69) is 17.6 Å². The lowest BCUT2D eigenvalue weighted by Gasteiger charge is -2.14. The van der Waals surface area contributed by atoms with Gasteiger partial charge < -0.3 is 16.4 Å². The Balaban J connectivity index is 3.54. The Morgan fingerprint density at radius 1 is 0.875 bits per heavy atom. The largest absolute Gasteiger partial charge is 0.368 e. The number of primary amides is 1. The Kier molecular flexibility index (Phi) is 14.0. The minimum Gasteiger partial charge on any atom is -0.368 e. The first-order chi connectivity index (χ1) is 11.5. The first kappa shape index (κ1) is 22.4. The summed E-state index contributed by atoms with van der Waals surface area (Å²) in [6.45, 7) is 4.12. The quantitative estimate of drug-likeness (QED) is 0.399. The van der Waals surface area contributed by atoms with Crippen LogP contribution in [-0.2, 0) is 14.4 Å². The molecule has 140 valence electrons. The van der Waals surface area contributed by atoms with Gasteiger partial charge in [-0.3, -0.25) is 14.4 Å². The molecule has 0 aliphatic heterocycles. The van der Waals surface area contributed by atoms with Crippen molar-refractivity contribution < 1.29 is 14.4 Å². The number of rotatable bonds is 15. The van der Waals surface area contributed by atoms with E-state index in [-0.39, 0.29) is 18.2 Å². The number of nitrogens with two attached hydrogens (primary N) is 1. The van der Waals surface area contributed by atoms with Crippen LogP contribution in [0.3, 0.4) is 0 Å². The van der Waals surface area contributed by atoms with Crippen molar-refractivity contribution in [3.63, 3.8) is 0 Å². The molecule has 0 aromatic carbocycles. The van der Waals surface area contributed by atoms with Crippen molar-refractivity contribution in [2.45, 2.75) is 90.5 Å². The van der Waals surface area contributed by atoms with Gasteiger partial charge in [-0.05, 0) is 6.42 Å². The third kappa shape index (κ3) is 14.0. The SMILES string of the molecule is CCCCCCCCCCCCNC(=O)C[C@H](NC(C)=O)C(N)=O. The van der Waals surface area contributed by atoms with Crippen molar-refractivity contribution in [1.82, 2.24) is 10.6 Å². The number of carbonyl (C=O) groups is 3. The first-order valence-electron chi connectivity index (χ1n) is 9.30. The third-order valence-corrected chi connectivity index (χ3v) is 3.96. The number of hydrogen-bond acceptors (Lipinski definition) is 3. The smallest absolute Gasteiger partial charge is 0.240 e. The number of amides is 3. The topological polar surface area (TPSA) is 101 Å². The highest BCUT2D eigenvalue weighted by molar-refractivity contribution is 5.90. The summed E-state index contributed by atoms with van der Waals surface area (Å²) in [6.07, 6.45) is 12.3. The number of hydrogen-bond donors (Lipinski definition) is 3. The molecule has 24 heavy (non-hydrogen) atoms. The van der Waals surface area contributed by atoms with Crippen molar-refractivity contribution in [3.05, 3.63) is 0 Å². The van der Waals surface area contributed by atoms with Gasteiger partial charge in [-0.2, -0.15) is 0 Å². The van der Waals surface area contributed by atoms with Crippen LogP contribution in [0.1, 0.15) is 84.5 Å². The van der Waals surface area contributed by atoms with Gasteiger partial charge in [0.25, 0.3) is 0 Å². The zero-order chi connectivity index (χ0) is 18.2. The molecule has 0 saturated carbocycles. The van der Waals surface area contributed by atoms with Crippen LogP contribution in [-0.4, -0.2) is 30.3 Å². The van der Waals surface area contributed by atoms with Gasteiger partial charge in [0.1, 0.15) is 6.04 Å². The van der Waals surface area contributed by atoms with Crippen LogP contribution in [0.25, 0.3) is 0 Å². The maximum Gasteiger partial charge on any atom is 0.240 e. The Bertz CT molecular complexity index is 373. The summed E-state index contributed by atoms with van der Waals surface area (Å²) in [5.41, 5.74) is 5.16. The molecule has 0 aromatic rings. The average molecular weight is 341 g/mol. The molecule has 0 unspecified atom stereocenters. The molecular weight excluding hydrogens is 306 g/mol. The van der Waals surface area contributed by atoms with Gasteiger partial charge in [-0.25, -0.2) is 0 Å². The van der Waals surface area contributed by atoms with Gasteiger partial charge in [-0.15, -0.1) is 0 Å². The van der Waals surface area contributed by atoms with E-state index in [9.17, 15) is 14.4 Å². The number of nitrogens with one attached hydrogen (secondary N) is 2. The molecule has 6 nitrogen and oxygen atoms in total. The van der Waals surface area contributed by atoms with E-state index in [1.807, 2.05) is 0 Å². The van der Waals surface area contributed by atoms with Gasteiger partial charge >= 0.3 is 0 Å². The Morgan fingerprint density at radius 3 is 1.83 bits per heavy atom. The van der Waals surface area contributed by atoms with Gasteiger partial charge in [-0.1, -0.05) is 64.7 Å². The number of unbranched alkanes of at least 4 members (excludes halogenated alkanes) is 9. The lowest BCUT2D eigenvalue weighted by Crippen LogP contribution is -2.46.